The summed E-state index contributed by atoms with van der Waals surface area (Å²) in [5, 5.41) is 16.5. The van der Waals surface area contributed by atoms with Crippen molar-refractivity contribution in [1.82, 2.24) is 25.2 Å². The van der Waals surface area contributed by atoms with E-state index in [1.54, 1.807) is 13.3 Å². The summed E-state index contributed by atoms with van der Waals surface area (Å²) in [5.41, 5.74) is 3.55. The van der Waals surface area contributed by atoms with Gasteiger partial charge in [0.2, 0.25) is 5.88 Å². The second-order valence-electron chi connectivity index (χ2n) is 9.73. The summed E-state index contributed by atoms with van der Waals surface area (Å²) in [6, 6.07) is 7.63. The number of piperidine rings is 1. The molecule has 3 N–H and O–H groups in total. The molecule has 11 heteroatoms. The van der Waals surface area contributed by atoms with Gasteiger partial charge in [0, 0.05) is 55.7 Å². The first kappa shape index (κ1) is 23.8. The van der Waals surface area contributed by atoms with E-state index >= 15 is 0 Å². The molecule has 1 saturated heterocycles. The van der Waals surface area contributed by atoms with Gasteiger partial charge in [-0.1, -0.05) is 0 Å². The van der Waals surface area contributed by atoms with Crippen molar-refractivity contribution in [3.63, 3.8) is 0 Å². The number of nitrogens with one attached hydrogen (secondary N) is 2. The summed E-state index contributed by atoms with van der Waals surface area (Å²) >= 11 is 0. The highest BCUT2D eigenvalue weighted by Crippen LogP contribution is 2.39. The predicted octanol–water partition coefficient (Wildman–Crippen LogP) is 1.31. The fourth-order valence-electron chi connectivity index (χ4n) is 5.47. The summed E-state index contributed by atoms with van der Waals surface area (Å²) in [4.78, 5) is 27.7. The fourth-order valence-corrected chi connectivity index (χ4v) is 5.47. The molecular formula is C26H30N6O5. The normalized spacial score (nSPS) is 23.1. The molecule has 3 aromatic rings. The van der Waals surface area contributed by atoms with E-state index in [1.807, 2.05) is 24.3 Å². The summed E-state index contributed by atoms with van der Waals surface area (Å²) < 4.78 is 16.7. The molecule has 3 unspecified atom stereocenters. The smallest absolute Gasteiger partial charge is 0.263 e. The van der Waals surface area contributed by atoms with Crippen molar-refractivity contribution in [2.24, 2.45) is 5.92 Å². The van der Waals surface area contributed by atoms with Crippen LogP contribution in [-0.4, -0.2) is 83.5 Å². The molecule has 3 aliphatic rings. The third kappa shape index (κ3) is 4.77. The van der Waals surface area contributed by atoms with E-state index in [9.17, 15) is 9.90 Å². The van der Waals surface area contributed by atoms with E-state index in [0.29, 0.717) is 30.6 Å². The Hall–Kier alpha value is -3.54. The number of nitrogens with zero attached hydrogens (tertiary/aromatic N) is 4. The van der Waals surface area contributed by atoms with Crippen molar-refractivity contribution in [2.75, 3.05) is 51.9 Å². The van der Waals surface area contributed by atoms with Crippen LogP contribution in [0.5, 0.6) is 17.4 Å². The van der Waals surface area contributed by atoms with Crippen LogP contribution < -0.4 is 24.8 Å². The Morgan fingerprint density at radius 2 is 2.14 bits per heavy atom. The molecule has 1 amide bonds. The maximum absolute atomic E-state index is 11.6. The Morgan fingerprint density at radius 1 is 1.22 bits per heavy atom. The number of likely N-dealkylation sites (tertiary alicyclic amines) is 1. The standard InChI is InChI=1S/C26H30N6O5/c1-35-23-5-3-19-25(31-23)24-16(13-36-21(24)9-28-19)11-32-7-6-18(15(10-32)12-33)27-8-17-2-4-20-26(29-17)30-22(34)14-37-20/h2-5,9,15-16,18,27,33H,6-8,10-14H2,1H3,(H,29,30,34). The van der Waals surface area contributed by atoms with Crippen molar-refractivity contribution >= 4 is 22.8 Å². The van der Waals surface area contributed by atoms with Crippen LogP contribution in [0.1, 0.15) is 23.6 Å². The van der Waals surface area contributed by atoms with Gasteiger partial charge in [0.1, 0.15) is 11.3 Å². The van der Waals surface area contributed by atoms with Crippen molar-refractivity contribution in [3.05, 3.63) is 41.7 Å². The van der Waals surface area contributed by atoms with Crippen LogP contribution in [-0.2, 0) is 11.3 Å². The summed E-state index contributed by atoms with van der Waals surface area (Å²) in [6.45, 7) is 3.74. The number of hydrogen-bond donors (Lipinski definition) is 3. The zero-order chi connectivity index (χ0) is 25.4. The minimum Gasteiger partial charge on any atom is -0.491 e. The quantitative estimate of drug-likeness (QED) is 0.431. The van der Waals surface area contributed by atoms with E-state index in [-0.39, 0.29) is 37.0 Å². The third-order valence-electron chi connectivity index (χ3n) is 7.36. The van der Waals surface area contributed by atoms with Crippen LogP contribution in [0.3, 0.4) is 0 Å². The van der Waals surface area contributed by atoms with Gasteiger partial charge in [0.15, 0.2) is 18.2 Å². The van der Waals surface area contributed by atoms with Gasteiger partial charge in [-0.15, -0.1) is 0 Å². The number of fused-ring (bicyclic) bond motifs is 4. The third-order valence-corrected chi connectivity index (χ3v) is 7.36. The van der Waals surface area contributed by atoms with Gasteiger partial charge >= 0.3 is 0 Å². The highest BCUT2D eigenvalue weighted by atomic mass is 16.5. The molecule has 6 heterocycles. The molecule has 0 aliphatic carbocycles. The van der Waals surface area contributed by atoms with Gasteiger partial charge < -0.3 is 34.9 Å². The molecular weight excluding hydrogens is 476 g/mol. The minimum absolute atomic E-state index is 0.0133. The maximum Gasteiger partial charge on any atom is 0.263 e. The van der Waals surface area contributed by atoms with E-state index < -0.39 is 0 Å². The van der Waals surface area contributed by atoms with E-state index in [0.717, 1.165) is 54.1 Å². The number of aliphatic hydroxyl groups excluding tert-OH is 1. The van der Waals surface area contributed by atoms with Crippen molar-refractivity contribution in [2.45, 2.75) is 24.9 Å². The molecule has 0 saturated carbocycles. The van der Waals surface area contributed by atoms with Crippen molar-refractivity contribution in [1.29, 1.82) is 0 Å². The zero-order valence-electron chi connectivity index (χ0n) is 20.6. The number of pyridine rings is 3. The van der Waals surface area contributed by atoms with Crippen LogP contribution in [0, 0.1) is 5.92 Å². The average Bonchev–Trinajstić information content (AvgIpc) is 3.34. The van der Waals surface area contributed by atoms with Gasteiger partial charge in [-0.25, -0.2) is 9.97 Å². The number of methoxy groups -OCH3 is 1. The molecule has 3 aromatic heterocycles. The number of anilines is 1. The molecule has 1 fully saturated rings. The molecule has 0 radical (unpaired) electrons. The van der Waals surface area contributed by atoms with Crippen LogP contribution >= 0.6 is 0 Å². The second-order valence-corrected chi connectivity index (χ2v) is 9.73. The molecule has 194 valence electrons. The largest absolute Gasteiger partial charge is 0.491 e. The van der Waals surface area contributed by atoms with Gasteiger partial charge in [-0.3, -0.25) is 9.78 Å². The molecule has 0 aromatic carbocycles. The first-order valence-corrected chi connectivity index (χ1v) is 12.6. The maximum atomic E-state index is 11.6. The first-order chi connectivity index (χ1) is 18.1. The molecule has 37 heavy (non-hydrogen) atoms. The number of aromatic nitrogens is 3. The lowest BCUT2D eigenvalue weighted by molar-refractivity contribution is -0.118. The topological polar surface area (TPSA) is 131 Å². The summed E-state index contributed by atoms with van der Waals surface area (Å²) in [6.07, 6.45) is 2.68. The second kappa shape index (κ2) is 10.1. The van der Waals surface area contributed by atoms with E-state index in [4.69, 9.17) is 14.2 Å². The van der Waals surface area contributed by atoms with E-state index in [1.165, 1.54) is 0 Å². The number of hydrogen-bond acceptors (Lipinski definition) is 10. The Balaban J connectivity index is 1.10. The Morgan fingerprint density at radius 3 is 3.00 bits per heavy atom. The van der Waals surface area contributed by atoms with Crippen molar-refractivity contribution < 1.29 is 24.1 Å². The Bertz CT molecular complexity index is 1320. The molecule has 0 bridgehead atoms. The van der Waals surface area contributed by atoms with E-state index in [2.05, 4.69) is 30.5 Å². The SMILES string of the molecule is COc1ccc2ncc3c(c2n1)C(CN1CCC(NCc2ccc4c(n2)NC(=O)CO4)C(CO)C1)CO3. The molecule has 3 aliphatic heterocycles. The number of ether oxygens (including phenoxy) is 3. The first-order valence-electron chi connectivity index (χ1n) is 12.6. The monoisotopic (exact) mass is 506 g/mol. The zero-order valence-corrected chi connectivity index (χ0v) is 20.6. The lowest BCUT2D eigenvalue weighted by atomic mass is 9.91. The number of aliphatic hydroxyl groups is 1. The van der Waals surface area contributed by atoms with Gasteiger partial charge in [-0.2, -0.15) is 0 Å². The van der Waals surface area contributed by atoms with Crippen LogP contribution in [0.15, 0.2) is 30.5 Å². The number of carbonyl (C=O) groups is 1. The lowest BCUT2D eigenvalue weighted by Gasteiger charge is -2.39. The average molecular weight is 507 g/mol. The molecule has 3 atom stereocenters. The number of rotatable bonds is 7. The molecule has 11 nitrogen and oxygen atoms in total. The Labute approximate surface area is 214 Å². The highest BCUT2D eigenvalue weighted by Gasteiger charge is 2.34. The summed E-state index contributed by atoms with van der Waals surface area (Å²) in [5.74, 6) is 2.44. The highest BCUT2D eigenvalue weighted by molar-refractivity contribution is 5.94. The van der Waals surface area contributed by atoms with Gasteiger partial charge in [-0.05, 0) is 31.2 Å². The van der Waals surface area contributed by atoms with Gasteiger partial charge in [0.25, 0.3) is 5.91 Å². The number of carbonyl (C=O) groups excluding carboxylic acids is 1. The van der Waals surface area contributed by atoms with Gasteiger partial charge in [0.05, 0.1) is 31.1 Å². The van der Waals surface area contributed by atoms with Crippen LogP contribution in [0.25, 0.3) is 11.0 Å². The fraction of sp³-hybridized carbons (Fsp3) is 0.462. The minimum atomic E-state index is -0.202. The predicted molar refractivity (Wildman–Crippen MR) is 135 cm³/mol. The molecule has 0 spiro atoms. The van der Waals surface area contributed by atoms with Crippen LogP contribution in [0.2, 0.25) is 0 Å². The Kier molecular flexibility index (Phi) is 6.49. The van der Waals surface area contributed by atoms with Crippen LogP contribution in [0.4, 0.5) is 5.82 Å². The van der Waals surface area contributed by atoms with Crippen molar-refractivity contribution in [3.8, 4) is 17.4 Å². The molecule has 6 rings (SSSR count). The number of amides is 1. The lowest BCUT2D eigenvalue weighted by Crippen LogP contribution is -2.51. The summed E-state index contributed by atoms with van der Waals surface area (Å²) in [7, 11) is 1.61.